The Labute approximate surface area is 152 Å². The minimum Gasteiger partial charge on any atom is -0.375 e. The predicted octanol–water partition coefficient (Wildman–Crippen LogP) is 2.49. The summed E-state index contributed by atoms with van der Waals surface area (Å²) in [5.41, 5.74) is 6.35. The maximum Gasteiger partial charge on any atom is 0.312 e. The van der Waals surface area contributed by atoms with Crippen LogP contribution in [-0.2, 0) is 4.79 Å². The van der Waals surface area contributed by atoms with Crippen molar-refractivity contribution in [2.75, 3.05) is 25.0 Å². The second-order valence-electron chi connectivity index (χ2n) is 5.74. The lowest BCUT2D eigenvalue weighted by atomic mass is 10.1. The zero-order chi connectivity index (χ0) is 18.1. The van der Waals surface area contributed by atoms with Crippen molar-refractivity contribution in [2.45, 2.75) is 18.9 Å². The number of rotatable bonds is 9. The van der Waals surface area contributed by atoms with Gasteiger partial charge in [-0.25, -0.2) is 4.79 Å². The van der Waals surface area contributed by atoms with Gasteiger partial charge in [0, 0.05) is 30.7 Å². The number of anilines is 1. The number of nitrogens with two attached hydrogens (primary N) is 1. The largest absolute Gasteiger partial charge is 0.375 e. The van der Waals surface area contributed by atoms with Crippen LogP contribution in [0, 0.1) is 0 Å². The monoisotopic (exact) mass is 360 g/mol. The van der Waals surface area contributed by atoms with E-state index >= 15 is 0 Å². The molecule has 4 N–H and O–H groups in total. The molecule has 3 amide bonds. The quantitative estimate of drug-likeness (QED) is 0.600. The summed E-state index contributed by atoms with van der Waals surface area (Å²) >= 11 is 1.49. The van der Waals surface area contributed by atoms with Gasteiger partial charge in [-0.1, -0.05) is 24.3 Å². The summed E-state index contributed by atoms with van der Waals surface area (Å²) < 4.78 is 0. The molecule has 0 saturated carbocycles. The van der Waals surface area contributed by atoms with Gasteiger partial charge in [0.15, 0.2) is 0 Å². The van der Waals surface area contributed by atoms with E-state index in [0.717, 1.165) is 23.5 Å². The molecule has 6 nitrogen and oxygen atoms in total. The Morgan fingerprint density at radius 1 is 1.20 bits per heavy atom. The van der Waals surface area contributed by atoms with Crippen molar-refractivity contribution < 1.29 is 9.59 Å². The summed E-state index contributed by atoms with van der Waals surface area (Å²) in [6, 6.07) is 12.9. The third-order valence-corrected chi connectivity index (χ3v) is 4.77. The zero-order valence-corrected chi connectivity index (χ0v) is 15.1. The van der Waals surface area contributed by atoms with E-state index in [1.807, 2.05) is 42.8 Å². The highest BCUT2D eigenvalue weighted by Crippen LogP contribution is 2.21. The van der Waals surface area contributed by atoms with Crippen molar-refractivity contribution >= 4 is 29.0 Å². The lowest BCUT2D eigenvalue weighted by molar-refractivity contribution is -0.121. The molecule has 0 aliphatic heterocycles. The minimum atomic E-state index is -0.629. The number of nitrogens with one attached hydrogen (secondary N) is 2. The summed E-state index contributed by atoms with van der Waals surface area (Å²) in [6.07, 6.45) is 1.02. The van der Waals surface area contributed by atoms with Crippen LogP contribution in [0.15, 0.2) is 47.8 Å². The van der Waals surface area contributed by atoms with Gasteiger partial charge in [0.2, 0.25) is 5.91 Å². The summed E-state index contributed by atoms with van der Waals surface area (Å²) in [5.74, 6) is -0.102. The third-order valence-electron chi connectivity index (χ3n) is 3.78. The van der Waals surface area contributed by atoms with Gasteiger partial charge in [-0.15, -0.1) is 11.3 Å². The first-order chi connectivity index (χ1) is 12.1. The highest BCUT2D eigenvalue weighted by Gasteiger charge is 2.18. The standard InChI is InChI=1S/C18H24N4O2S/c1-22(14-7-3-2-4-8-14)11-6-10-20-17(23)13-15(21-18(19)24)16-9-5-12-25-16/h2-5,7-9,12,15H,6,10-11,13H2,1H3,(H,20,23)(H3,19,21,24). The highest BCUT2D eigenvalue weighted by atomic mass is 32.1. The Hall–Kier alpha value is -2.54. The van der Waals surface area contributed by atoms with Crippen LogP contribution < -0.4 is 21.3 Å². The summed E-state index contributed by atoms with van der Waals surface area (Å²) in [4.78, 5) is 26.3. The molecular weight excluding hydrogens is 336 g/mol. The molecule has 0 saturated heterocycles. The molecular formula is C18H24N4O2S. The molecule has 0 bridgehead atoms. The molecule has 1 heterocycles. The molecule has 0 spiro atoms. The number of hydrogen-bond acceptors (Lipinski definition) is 4. The van der Waals surface area contributed by atoms with Crippen molar-refractivity contribution in [2.24, 2.45) is 5.73 Å². The highest BCUT2D eigenvalue weighted by molar-refractivity contribution is 7.10. The van der Waals surface area contributed by atoms with Crippen LogP contribution in [0.2, 0.25) is 0 Å². The number of carbonyl (C=O) groups excluding carboxylic acids is 2. The van der Waals surface area contributed by atoms with E-state index in [2.05, 4.69) is 27.7 Å². The fourth-order valence-electron chi connectivity index (χ4n) is 2.50. The molecule has 0 aliphatic rings. The van der Waals surface area contributed by atoms with Crippen molar-refractivity contribution in [1.29, 1.82) is 0 Å². The molecule has 0 aliphatic carbocycles. The number of primary amides is 1. The Kier molecular flexibility index (Phi) is 7.28. The van der Waals surface area contributed by atoms with Gasteiger partial charge >= 0.3 is 6.03 Å². The van der Waals surface area contributed by atoms with Gasteiger partial charge in [0.1, 0.15) is 0 Å². The first kappa shape index (κ1) is 18.8. The molecule has 2 aromatic rings. The number of carbonyl (C=O) groups is 2. The average molecular weight is 360 g/mol. The SMILES string of the molecule is CN(CCCNC(=O)CC(NC(N)=O)c1cccs1)c1ccccc1. The van der Waals surface area contributed by atoms with Crippen LogP contribution in [0.5, 0.6) is 0 Å². The maximum absolute atomic E-state index is 12.1. The maximum atomic E-state index is 12.1. The van der Waals surface area contributed by atoms with Crippen LogP contribution in [0.4, 0.5) is 10.5 Å². The number of para-hydroxylation sites is 1. The molecule has 1 unspecified atom stereocenters. The van der Waals surface area contributed by atoms with E-state index in [9.17, 15) is 9.59 Å². The fraction of sp³-hybridized carbons (Fsp3) is 0.333. The van der Waals surface area contributed by atoms with Gasteiger partial charge < -0.3 is 21.3 Å². The molecule has 1 aromatic heterocycles. The predicted molar refractivity (Wildman–Crippen MR) is 102 cm³/mol. The van der Waals surface area contributed by atoms with Gasteiger partial charge in [0.05, 0.1) is 12.5 Å². The molecule has 7 heteroatoms. The van der Waals surface area contributed by atoms with Crippen LogP contribution >= 0.6 is 11.3 Å². The second-order valence-corrected chi connectivity index (χ2v) is 6.72. The number of amides is 3. The molecule has 0 fully saturated rings. The smallest absolute Gasteiger partial charge is 0.312 e. The Balaban J connectivity index is 1.73. The van der Waals surface area contributed by atoms with Crippen LogP contribution in [0.3, 0.4) is 0 Å². The van der Waals surface area contributed by atoms with Gasteiger partial charge in [-0.05, 0) is 30.0 Å². The van der Waals surface area contributed by atoms with Crippen LogP contribution in [0.1, 0.15) is 23.8 Å². The van der Waals surface area contributed by atoms with Crippen LogP contribution in [0.25, 0.3) is 0 Å². The second kappa shape index (κ2) is 9.68. The molecule has 0 radical (unpaired) electrons. The molecule has 1 aromatic carbocycles. The molecule has 1 atom stereocenters. The Morgan fingerprint density at radius 3 is 2.60 bits per heavy atom. The summed E-state index contributed by atoms with van der Waals surface area (Å²) in [5, 5.41) is 7.43. The van der Waals surface area contributed by atoms with E-state index < -0.39 is 6.03 Å². The van der Waals surface area contributed by atoms with Crippen molar-refractivity contribution in [1.82, 2.24) is 10.6 Å². The van der Waals surface area contributed by atoms with E-state index in [1.54, 1.807) is 0 Å². The summed E-state index contributed by atoms with van der Waals surface area (Å²) in [6.45, 7) is 1.43. The third kappa shape index (κ3) is 6.46. The van der Waals surface area contributed by atoms with Gasteiger partial charge in [0.25, 0.3) is 0 Å². The first-order valence-corrected chi connectivity index (χ1v) is 9.06. The lowest BCUT2D eigenvalue weighted by Gasteiger charge is -2.19. The van der Waals surface area contributed by atoms with Gasteiger partial charge in [-0.3, -0.25) is 4.79 Å². The lowest BCUT2D eigenvalue weighted by Crippen LogP contribution is -2.36. The molecule has 134 valence electrons. The van der Waals surface area contributed by atoms with Crippen molar-refractivity contribution in [3.05, 3.63) is 52.7 Å². The zero-order valence-electron chi connectivity index (χ0n) is 14.3. The number of thiophene rings is 1. The summed E-state index contributed by atoms with van der Waals surface area (Å²) in [7, 11) is 2.03. The number of nitrogens with zero attached hydrogens (tertiary/aromatic N) is 1. The van der Waals surface area contributed by atoms with Crippen LogP contribution in [-0.4, -0.2) is 32.1 Å². The minimum absolute atomic E-state index is 0.102. The molecule has 25 heavy (non-hydrogen) atoms. The van der Waals surface area contributed by atoms with Crippen molar-refractivity contribution in [3.63, 3.8) is 0 Å². The normalized spacial score (nSPS) is 11.6. The Morgan fingerprint density at radius 2 is 1.96 bits per heavy atom. The van der Waals surface area contributed by atoms with E-state index in [1.165, 1.54) is 11.3 Å². The average Bonchev–Trinajstić information content (AvgIpc) is 3.13. The fourth-order valence-corrected chi connectivity index (χ4v) is 3.28. The van der Waals surface area contributed by atoms with Crippen molar-refractivity contribution in [3.8, 4) is 0 Å². The first-order valence-electron chi connectivity index (χ1n) is 8.18. The Bertz CT molecular complexity index is 661. The van der Waals surface area contributed by atoms with E-state index in [0.29, 0.717) is 6.54 Å². The van der Waals surface area contributed by atoms with Gasteiger partial charge in [-0.2, -0.15) is 0 Å². The number of benzene rings is 1. The number of hydrogen-bond donors (Lipinski definition) is 3. The topological polar surface area (TPSA) is 87.5 Å². The number of urea groups is 1. The molecule has 2 rings (SSSR count). The van der Waals surface area contributed by atoms with E-state index in [4.69, 9.17) is 5.73 Å². The van der Waals surface area contributed by atoms with E-state index in [-0.39, 0.29) is 18.4 Å².